The number of nitrogens with one attached hydrogen (secondary N) is 2. The maximum absolute atomic E-state index is 12.6. The highest BCUT2D eigenvalue weighted by molar-refractivity contribution is 6.05. The average Bonchev–Trinajstić information content (AvgIpc) is 3.33. The molecule has 144 valence electrons. The van der Waals surface area contributed by atoms with Crippen molar-refractivity contribution < 1.29 is 14.7 Å². The van der Waals surface area contributed by atoms with E-state index in [2.05, 4.69) is 15.5 Å². The van der Waals surface area contributed by atoms with Gasteiger partial charge >= 0.3 is 5.97 Å². The summed E-state index contributed by atoms with van der Waals surface area (Å²) in [5.74, 6) is -1.38. The Morgan fingerprint density at radius 1 is 1.10 bits per heavy atom. The number of rotatable bonds is 5. The van der Waals surface area contributed by atoms with Crippen molar-refractivity contribution in [2.75, 3.05) is 5.32 Å². The largest absolute Gasteiger partial charge is 0.478 e. The first kappa shape index (κ1) is 18.2. The van der Waals surface area contributed by atoms with Gasteiger partial charge in [0.1, 0.15) is 5.69 Å². The summed E-state index contributed by atoms with van der Waals surface area (Å²) in [7, 11) is 1.77. The minimum atomic E-state index is -1.06. The number of carboxylic acid groups (broad SMARTS) is 1. The third-order valence-electron chi connectivity index (χ3n) is 4.65. The van der Waals surface area contributed by atoms with Crippen molar-refractivity contribution in [3.05, 3.63) is 83.3 Å². The molecule has 0 radical (unpaired) electrons. The number of anilines is 1. The Bertz CT molecular complexity index is 1250. The number of carbonyl (C=O) groups is 2. The summed E-state index contributed by atoms with van der Waals surface area (Å²) in [6.45, 7) is 0. The Morgan fingerprint density at radius 2 is 1.93 bits per heavy atom. The van der Waals surface area contributed by atoms with Gasteiger partial charge in [0.25, 0.3) is 5.91 Å². The first-order valence-corrected chi connectivity index (χ1v) is 8.94. The van der Waals surface area contributed by atoms with Crippen LogP contribution in [0.1, 0.15) is 32.1 Å². The number of aryl methyl sites for hydroxylation is 1. The predicted molar refractivity (Wildman–Crippen MR) is 112 cm³/mol. The molecule has 2 heterocycles. The fourth-order valence-electron chi connectivity index (χ4n) is 3.11. The molecule has 0 spiro atoms. The minimum absolute atomic E-state index is 0.0922. The van der Waals surface area contributed by atoms with Crippen LogP contribution in [-0.2, 0) is 7.05 Å². The van der Waals surface area contributed by atoms with E-state index >= 15 is 0 Å². The van der Waals surface area contributed by atoms with Crippen LogP contribution in [0.2, 0.25) is 0 Å². The number of aromatic nitrogens is 3. The quantitative estimate of drug-likeness (QED) is 0.482. The Kier molecular flexibility index (Phi) is 4.70. The summed E-state index contributed by atoms with van der Waals surface area (Å²) < 4.78 is 1.70. The first-order valence-electron chi connectivity index (χ1n) is 8.94. The van der Waals surface area contributed by atoms with E-state index in [0.29, 0.717) is 16.9 Å². The lowest BCUT2D eigenvalue weighted by atomic mass is 10.1. The van der Waals surface area contributed by atoms with Crippen LogP contribution in [0.15, 0.2) is 60.8 Å². The lowest BCUT2D eigenvalue weighted by Gasteiger charge is -2.10. The Labute approximate surface area is 166 Å². The molecule has 4 rings (SSSR count). The molecule has 0 aliphatic carbocycles. The second-order valence-corrected chi connectivity index (χ2v) is 6.55. The number of carboxylic acids is 1. The summed E-state index contributed by atoms with van der Waals surface area (Å²) >= 11 is 0. The molecule has 2 aromatic carbocycles. The monoisotopic (exact) mass is 386 g/mol. The maximum Gasteiger partial charge on any atom is 0.335 e. The van der Waals surface area contributed by atoms with Crippen molar-refractivity contribution in [2.45, 2.75) is 0 Å². The third kappa shape index (κ3) is 3.66. The number of fused-ring (bicyclic) bond motifs is 1. The molecule has 0 saturated carbocycles. The smallest absolute Gasteiger partial charge is 0.335 e. The van der Waals surface area contributed by atoms with Crippen molar-refractivity contribution in [2.24, 2.45) is 7.05 Å². The third-order valence-corrected chi connectivity index (χ3v) is 4.65. The number of nitrogens with zero attached hydrogens (tertiary/aromatic N) is 2. The minimum Gasteiger partial charge on any atom is -0.478 e. The van der Waals surface area contributed by atoms with Crippen molar-refractivity contribution in [1.29, 1.82) is 0 Å². The zero-order valence-electron chi connectivity index (χ0n) is 15.6. The molecule has 1 amide bonds. The molecular weight excluding hydrogens is 368 g/mol. The maximum atomic E-state index is 12.6. The molecule has 2 aromatic heterocycles. The number of para-hydroxylation sites is 1. The summed E-state index contributed by atoms with van der Waals surface area (Å²) in [5.41, 5.74) is 3.32. The van der Waals surface area contributed by atoms with Crippen LogP contribution in [0.3, 0.4) is 0 Å². The molecule has 4 aromatic rings. The number of aromatic carboxylic acids is 1. The first-order chi connectivity index (χ1) is 14.0. The van der Waals surface area contributed by atoms with Gasteiger partial charge in [-0.1, -0.05) is 30.3 Å². The van der Waals surface area contributed by atoms with Crippen LogP contribution in [-0.4, -0.2) is 31.7 Å². The lowest BCUT2D eigenvalue weighted by Crippen LogP contribution is -2.16. The van der Waals surface area contributed by atoms with Crippen molar-refractivity contribution in [3.63, 3.8) is 0 Å². The van der Waals surface area contributed by atoms with Gasteiger partial charge in [0.2, 0.25) is 0 Å². The highest BCUT2D eigenvalue weighted by Crippen LogP contribution is 2.23. The highest BCUT2D eigenvalue weighted by atomic mass is 16.4. The molecule has 0 aliphatic heterocycles. The summed E-state index contributed by atoms with van der Waals surface area (Å²) in [5, 5.41) is 20.4. The average molecular weight is 386 g/mol. The van der Waals surface area contributed by atoms with Crippen molar-refractivity contribution in [3.8, 4) is 0 Å². The number of amides is 1. The predicted octanol–water partition coefficient (Wildman–Crippen LogP) is 4.02. The van der Waals surface area contributed by atoms with E-state index in [1.165, 1.54) is 12.1 Å². The van der Waals surface area contributed by atoms with Gasteiger partial charge in [0, 0.05) is 24.3 Å². The van der Waals surface area contributed by atoms with Crippen LogP contribution >= 0.6 is 0 Å². The molecule has 0 atom stereocenters. The van der Waals surface area contributed by atoms with Crippen LogP contribution in [0, 0.1) is 0 Å². The number of aromatic amines is 1. The van der Waals surface area contributed by atoms with E-state index in [1.54, 1.807) is 42.1 Å². The topological polar surface area (TPSA) is 100 Å². The molecule has 3 N–H and O–H groups in total. The normalized spacial score (nSPS) is 11.2. The van der Waals surface area contributed by atoms with Crippen LogP contribution in [0.4, 0.5) is 5.69 Å². The Morgan fingerprint density at radius 3 is 2.69 bits per heavy atom. The summed E-state index contributed by atoms with van der Waals surface area (Å²) in [4.78, 5) is 24.0. The van der Waals surface area contributed by atoms with Gasteiger partial charge in [-0.3, -0.25) is 9.89 Å². The van der Waals surface area contributed by atoms with Gasteiger partial charge in [-0.2, -0.15) is 5.10 Å². The molecule has 0 unspecified atom stereocenters. The highest BCUT2D eigenvalue weighted by Gasteiger charge is 2.13. The van der Waals surface area contributed by atoms with Gasteiger partial charge in [-0.05, 0) is 42.0 Å². The fraction of sp³-hybridized carbons (Fsp3) is 0.0455. The van der Waals surface area contributed by atoms with Crippen LogP contribution in [0.5, 0.6) is 0 Å². The zero-order valence-corrected chi connectivity index (χ0v) is 15.6. The van der Waals surface area contributed by atoms with E-state index in [1.807, 2.05) is 30.3 Å². The van der Waals surface area contributed by atoms with Gasteiger partial charge in [-0.15, -0.1) is 0 Å². The van der Waals surface area contributed by atoms with E-state index in [-0.39, 0.29) is 11.5 Å². The van der Waals surface area contributed by atoms with E-state index < -0.39 is 5.97 Å². The molecule has 7 nitrogen and oxygen atoms in total. The van der Waals surface area contributed by atoms with Gasteiger partial charge in [0.05, 0.1) is 16.8 Å². The van der Waals surface area contributed by atoms with Gasteiger partial charge in [-0.25, -0.2) is 4.79 Å². The lowest BCUT2D eigenvalue weighted by molar-refractivity contribution is 0.0696. The van der Waals surface area contributed by atoms with Crippen LogP contribution in [0.25, 0.3) is 23.1 Å². The van der Waals surface area contributed by atoms with Gasteiger partial charge in [0.15, 0.2) is 0 Å². The second-order valence-electron chi connectivity index (χ2n) is 6.55. The van der Waals surface area contributed by atoms with Crippen molar-refractivity contribution >= 4 is 40.6 Å². The molecule has 7 heteroatoms. The van der Waals surface area contributed by atoms with E-state index in [4.69, 9.17) is 0 Å². The molecule has 0 bridgehead atoms. The van der Waals surface area contributed by atoms with E-state index in [0.717, 1.165) is 16.6 Å². The standard InChI is InChI=1S/C22H18N4O3/c1-26-12-4-7-20(26)21(27)23-19-13-15(22(28)29)9-8-14(19)10-11-18-16-5-2-3-6-17(16)24-25-18/h2-13H,1H3,(H,23,27)(H,24,25)(H,28,29). The molecule has 0 saturated heterocycles. The Balaban J connectivity index is 1.70. The number of H-pyrrole nitrogens is 1. The van der Waals surface area contributed by atoms with Gasteiger partial charge < -0.3 is 15.0 Å². The second kappa shape index (κ2) is 7.47. The summed E-state index contributed by atoms with van der Waals surface area (Å²) in [6, 6.07) is 15.8. The summed E-state index contributed by atoms with van der Waals surface area (Å²) in [6.07, 6.45) is 5.40. The number of hydrogen-bond acceptors (Lipinski definition) is 3. The Hall–Kier alpha value is -4.13. The molecular formula is C22H18N4O3. The number of hydrogen-bond donors (Lipinski definition) is 3. The zero-order chi connectivity index (χ0) is 20.4. The molecule has 29 heavy (non-hydrogen) atoms. The van der Waals surface area contributed by atoms with Crippen molar-refractivity contribution in [1.82, 2.24) is 14.8 Å². The number of carbonyl (C=O) groups excluding carboxylic acids is 1. The number of benzene rings is 2. The molecule has 0 fully saturated rings. The van der Waals surface area contributed by atoms with E-state index in [9.17, 15) is 14.7 Å². The fourth-order valence-corrected chi connectivity index (χ4v) is 3.11. The molecule has 0 aliphatic rings. The van der Waals surface area contributed by atoms with Crippen LogP contribution < -0.4 is 5.32 Å². The SMILES string of the molecule is Cn1cccc1C(=O)Nc1cc(C(=O)O)ccc1C=Cc1n[nH]c2ccccc12.